The summed E-state index contributed by atoms with van der Waals surface area (Å²) in [7, 11) is -1.87. The minimum absolute atomic E-state index is 0.298. The summed E-state index contributed by atoms with van der Waals surface area (Å²) in [5.74, 6) is 4.95. The van der Waals surface area contributed by atoms with Crippen LogP contribution in [0, 0.1) is 28.9 Å². The number of rotatable bonds is 10. The summed E-state index contributed by atoms with van der Waals surface area (Å²) in [4.78, 5) is 0. The van der Waals surface area contributed by atoms with Crippen molar-refractivity contribution in [3.8, 4) is 11.5 Å². The fraction of sp³-hybridized carbons (Fsp3) is 0.556. The van der Waals surface area contributed by atoms with Gasteiger partial charge in [0.25, 0.3) is 0 Å². The van der Waals surface area contributed by atoms with Gasteiger partial charge in [0.05, 0.1) is 25.2 Å². The van der Waals surface area contributed by atoms with Crippen molar-refractivity contribution in [1.29, 1.82) is 0 Å². The molecule has 0 aromatic heterocycles. The Morgan fingerprint density at radius 2 is 1.62 bits per heavy atom. The second kappa shape index (κ2) is 12.7. The van der Waals surface area contributed by atoms with E-state index in [9.17, 15) is 9.77 Å². The molecule has 6 aliphatic rings. The average molecular weight is 653 g/mol. The molecule has 4 aliphatic carbocycles. The van der Waals surface area contributed by atoms with E-state index < -0.39 is 12.1 Å². The van der Waals surface area contributed by atoms with Crippen LogP contribution in [0.15, 0.2) is 48.0 Å². The summed E-state index contributed by atoms with van der Waals surface area (Å²) in [5, 5.41) is 14.3. The van der Waals surface area contributed by atoms with Crippen molar-refractivity contribution < 1.29 is 23.0 Å². The van der Waals surface area contributed by atoms with Gasteiger partial charge in [0.2, 0.25) is 0 Å². The van der Waals surface area contributed by atoms with Gasteiger partial charge in [-0.25, -0.2) is 4.57 Å². The molecule has 0 radical (unpaired) electrons. The van der Waals surface area contributed by atoms with Crippen LogP contribution in [0.25, 0.3) is 11.8 Å². The molecule has 9 heteroatoms. The van der Waals surface area contributed by atoms with E-state index in [-0.39, 0.29) is 0 Å². The minimum Gasteiger partial charge on any atom is -0.626 e. The topological polar surface area (TPSA) is 71.1 Å². The summed E-state index contributed by atoms with van der Waals surface area (Å²) in [6.07, 6.45) is 13.9. The Bertz CT molecular complexity index is 1480. The zero-order valence-electron chi connectivity index (χ0n) is 26.6. The standard InChI is InChI=1S/C36H46ClN2O5P/c1-3-8-28-11-14-32(36(42-2)33-29-20-26-19-27(22-29)23-30(33)21-26)34(37)35(28)43-24-25-9-12-31(13-10-25)44-45(41,38-15-4-5-16-38)39(40)17-6-7-18-39/h3,8-14,26-27,29-30H,4-7,15-24H2,1-2H3/b8-3+,36-33?. The Kier molecular flexibility index (Phi) is 8.86. The maximum atomic E-state index is 14.3. The van der Waals surface area contributed by atoms with Crippen molar-refractivity contribution in [2.75, 3.05) is 33.3 Å². The number of quaternary nitrogens is 1. The molecule has 8 rings (SSSR count). The van der Waals surface area contributed by atoms with E-state index in [1.807, 2.05) is 35.9 Å². The van der Waals surface area contributed by atoms with Crippen molar-refractivity contribution in [3.63, 3.8) is 0 Å². The molecule has 7 nitrogen and oxygen atoms in total. The Hall–Kier alpha value is -2.28. The van der Waals surface area contributed by atoms with E-state index in [4.69, 9.17) is 25.6 Å². The predicted molar refractivity (Wildman–Crippen MR) is 180 cm³/mol. The second-order valence-electron chi connectivity index (χ2n) is 13.8. The van der Waals surface area contributed by atoms with Crippen molar-refractivity contribution in [2.45, 2.75) is 71.3 Å². The largest absolute Gasteiger partial charge is 0.626 e. The van der Waals surface area contributed by atoms with Crippen molar-refractivity contribution in [2.24, 2.45) is 23.7 Å². The highest BCUT2D eigenvalue weighted by Crippen LogP contribution is 2.62. The van der Waals surface area contributed by atoms with Gasteiger partial charge in [-0.3, -0.25) is 4.42 Å². The highest BCUT2D eigenvalue weighted by molar-refractivity contribution is 7.50. The van der Waals surface area contributed by atoms with E-state index in [1.165, 1.54) is 37.7 Å². The first-order valence-electron chi connectivity index (χ1n) is 16.9. The van der Waals surface area contributed by atoms with Gasteiger partial charge >= 0.3 is 7.67 Å². The van der Waals surface area contributed by atoms with E-state index in [1.54, 1.807) is 19.2 Å². The number of methoxy groups -OCH3 is 1. The lowest BCUT2D eigenvalue weighted by Gasteiger charge is -2.51. The molecular formula is C36H46ClN2O5P. The van der Waals surface area contributed by atoms with Crippen LogP contribution in [0.2, 0.25) is 5.02 Å². The Balaban J connectivity index is 1.12. The summed E-state index contributed by atoms with van der Waals surface area (Å²) in [6, 6.07) is 11.6. The van der Waals surface area contributed by atoms with Gasteiger partial charge in [-0.05, 0) is 105 Å². The molecule has 1 atom stereocenters. The summed E-state index contributed by atoms with van der Waals surface area (Å²) in [5.41, 5.74) is 4.21. The molecular weight excluding hydrogens is 607 g/mol. The number of hydrogen-bond donors (Lipinski definition) is 0. The Morgan fingerprint density at radius 1 is 0.978 bits per heavy atom. The molecule has 6 fully saturated rings. The zero-order chi connectivity index (χ0) is 31.2. The molecule has 4 bridgehead atoms. The van der Waals surface area contributed by atoms with Crippen LogP contribution in [0.4, 0.5) is 0 Å². The number of benzene rings is 2. The summed E-state index contributed by atoms with van der Waals surface area (Å²) < 4.78 is 34.1. The molecule has 242 valence electrons. The fourth-order valence-corrected chi connectivity index (χ4v) is 12.0. The van der Waals surface area contributed by atoms with Crippen LogP contribution in [-0.4, -0.2) is 42.4 Å². The molecule has 1 unspecified atom stereocenters. The fourth-order valence-electron chi connectivity index (χ4n) is 8.99. The molecule has 2 aromatic rings. The van der Waals surface area contributed by atoms with Gasteiger partial charge in [0, 0.05) is 37.1 Å². The minimum atomic E-state index is -3.64. The molecule has 4 saturated carbocycles. The third kappa shape index (κ3) is 5.78. The van der Waals surface area contributed by atoms with E-state index in [0.717, 1.165) is 60.0 Å². The van der Waals surface area contributed by atoms with Crippen LogP contribution in [-0.2, 0) is 15.9 Å². The quantitative estimate of drug-likeness (QED) is 0.145. The lowest BCUT2D eigenvalue weighted by molar-refractivity contribution is -0.753. The first kappa shape index (κ1) is 31.3. The van der Waals surface area contributed by atoms with Crippen LogP contribution >= 0.6 is 19.3 Å². The highest BCUT2D eigenvalue weighted by atomic mass is 35.5. The Labute approximate surface area is 272 Å². The number of hydrogen-bond acceptors (Lipinski definition) is 5. The van der Waals surface area contributed by atoms with Gasteiger partial charge < -0.3 is 19.2 Å². The van der Waals surface area contributed by atoms with Crippen LogP contribution in [0.3, 0.4) is 0 Å². The van der Waals surface area contributed by atoms with Crippen LogP contribution < -0.4 is 9.26 Å². The molecule has 2 heterocycles. The SMILES string of the molecule is C/C=C/c1ccc(C(OC)=C2C3CC4CC(C3)CC2C4)c(Cl)c1OCc1ccc(OP(=O)(N2CCCC2)[N+]2([O-])CCCC2)cc1. The summed E-state index contributed by atoms with van der Waals surface area (Å²) in [6.45, 7) is 4.26. The van der Waals surface area contributed by atoms with Gasteiger partial charge in [-0.15, -0.1) is 0 Å². The number of allylic oxidation sites excluding steroid dienone is 2. The van der Waals surface area contributed by atoms with Gasteiger partial charge in [-0.2, -0.15) is 4.67 Å². The third-order valence-electron chi connectivity index (χ3n) is 10.9. The molecule has 0 spiro atoms. The highest BCUT2D eigenvalue weighted by Gasteiger charge is 2.52. The van der Waals surface area contributed by atoms with Crippen molar-refractivity contribution in [1.82, 2.24) is 4.67 Å². The molecule has 45 heavy (non-hydrogen) atoms. The monoisotopic (exact) mass is 652 g/mol. The van der Waals surface area contributed by atoms with Crippen molar-refractivity contribution in [3.05, 3.63) is 75.0 Å². The molecule has 2 aromatic carbocycles. The number of nitrogens with zero attached hydrogens (tertiary/aromatic N) is 2. The average Bonchev–Trinajstić information content (AvgIpc) is 3.74. The maximum absolute atomic E-state index is 14.3. The molecule has 2 aliphatic heterocycles. The first-order valence-corrected chi connectivity index (χ1v) is 18.8. The number of hydroxylamine groups is 2. The molecule has 0 amide bonds. The predicted octanol–water partition coefficient (Wildman–Crippen LogP) is 9.46. The zero-order valence-corrected chi connectivity index (χ0v) is 28.2. The Morgan fingerprint density at radius 3 is 2.22 bits per heavy atom. The lowest BCUT2D eigenvalue weighted by atomic mass is 9.54. The number of ether oxygens (including phenoxy) is 2. The number of halogens is 1. The van der Waals surface area contributed by atoms with E-state index >= 15 is 0 Å². The van der Waals surface area contributed by atoms with Gasteiger partial charge in [0.15, 0.2) is 0 Å². The first-order chi connectivity index (χ1) is 21.8. The van der Waals surface area contributed by atoms with E-state index in [2.05, 4.69) is 12.1 Å². The van der Waals surface area contributed by atoms with Crippen LogP contribution in [0.5, 0.6) is 11.5 Å². The smallest absolute Gasteiger partial charge is 0.515 e. The molecule has 0 N–H and O–H groups in total. The maximum Gasteiger partial charge on any atom is 0.515 e. The normalized spacial score (nSPS) is 28.5. The van der Waals surface area contributed by atoms with E-state index in [0.29, 0.717) is 61.1 Å². The van der Waals surface area contributed by atoms with Crippen molar-refractivity contribution >= 4 is 31.1 Å². The summed E-state index contributed by atoms with van der Waals surface area (Å²) >= 11 is 7.18. The molecule has 2 saturated heterocycles. The second-order valence-corrected chi connectivity index (χ2v) is 16.7. The third-order valence-corrected chi connectivity index (χ3v) is 14.2. The van der Waals surface area contributed by atoms with Gasteiger partial charge in [-0.1, -0.05) is 42.0 Å². The van der Waals surface area contributed by atoms with Crippen LogP contribution in [0.1, 0.15) is 81.4 Å². The lowest BCUT2D eigenvalue weighted by Crippen LogP contribution is -2.43. The van der Waals surface area contributed by atoms with Gasteiger partial charge in [0.1, 0.15) is 23.9 Å².